The van der Waals surface area contributed by atoms with Gasteiger partial charge in [0.05, 0.1) is 11.1 Å². The Morgan fingerprint density at radius 3 is 2.15 bits per heavy atom. The standard InChI is InChI=1S/C20H15NO5/c22-19-16-9-3-4-10-17(16)20(23)21(19)25-12-18(26-24)15-11-5-7-13-6-1-2-8-14(13)15/h1-11,18,24H,12H2. The van der Waals surface area contributed by atoms with Crippen molar-refractivity contribution in [2.45, 2.75) is 6.10 Å². The highest BCUT2D eigenvalue weighted by Crippen LogP contribution is 2.28. The summed E-state index contributed by atoms with van der Waals surface area (Å²) < 4.78 is 0. The third-order valence-electron chi connectivity index (χ3n) is 4.41. The number of fused-ring (bicyclic) bond motifs is 2. The Labute approximate surface area is 149 Å². The lowest BCUT2D eigenvalue weighted by Crippen LogP contribution is -2.32. The van der Waals surface area contributed by atoms with Crippen molar-refractivity contribution in [2.75, 3.05) is 6.61 Å². The van der Waals surface area contributed by atoms with E-state index in [4.69, 9.17) is 4.84 Å². The maximum absolute atomic E-state index is 12.3. The van der Waals surface area contributed by atoms with E-state index in [1.165, 1.54) is 0 Å². The van der Waals surface area contributed by atoms with E-state index in [0.29, 0.717) is 21.8 Å². The molecule has 3 aromatic carbocycles. The van der Waals surface area contributed by atoms with E-state index in [1.54, 1.807) is 30.3 Å². The van der Waals surface area contributed by atoms with Gasteiger partial charge in [0.25, 0.3) is 11.8 Å². The first-order valence-corrected chi connectivity index (χ1v) is 8.09. The second-order valence-electron chi connectivity index (χ2n) is 5.91. The summed E-state index contributed by atoms with van der Waals surface area (Å²) in [6.45, 7) is -0.198. The zero-order valence-electron chi connectivity index (χ0n) is 13.7. The predicted octanol–water partition coefficient (Wildman–Crippen LogP) is 3.60. The van der Waals surface area contributed by atoms with Crippen molar-refractivity contribution >= 4 is 22.6 Å². The molecule has 2 amide bonds. The molecule has 0 spiro atoms. The van der Waals surface area contributed by atoms with E-state index in [1.807, 2.05) is 36.4 Å². The first kappa shape index (κ1) is 16.4. The molecule has 1 atom stereocenters. The fourth-order valence-electron chi connectivity index (χ4n) is 3.13. The average molecular weight is 349 g/mol. The molecular weight excluding hydrogens is 334 g/mol. The van der Waals surface area contributed by atoms with Crippen LogP contribution < -0.4 is 0 Å². The maximum atomic E-state index is 12.3. The van der Waals surface area contributed by atoms with Crippen molar-refractivity contribution in [1.29, 1.82) is 0 Å². The van der Waals surface area contributed by atoms with Crippen LogP contribution in [0, 0.1) is 0 Å². The Bertz CT molecular complexity index is 960. The Morgan fingerprint density at radius 2 is 1.46 bits per heavy atom. The van der Waals surface area contributed by atoms with Crippen LogP contribution >= 0.6 is 0 Å². The molecule has 0 aromatic heterocycles. The Kier molecular flexibility index (Phi) is 4.22. The molecule has 0 radical (unpaired) electrons. The molecule has 1 unspecified atom stereocenters. The molecule has 0 aliphatic carbocycles. The minimum absolute atomic E-state index is 0.198. The fraction of sp³-hybridized carbons (Fsp3) is 0.100. The first-order chi connectivity index (χ1) is 12.7. The van der Waals surface area contributed by atoms with Gasteiger partial charge in [-0.15, -0.1) is 5.06 Å². The number of carbonyl (C=O) groups is 2. The molecule has 0 saturated heterocycles. The highest BCUT2D eigenvalue weighted by molar-refractivity contribution is 6.20. The van der Waals surface area contributed by atoms with Crippen LogP contribution in [0.2, 0.25) is 0 Å². The number of carbonyl (C=O) groups excluding carboxylic acids is 2. The Morgan fingerprint density at radius 1 is 0.846 bits per heavy atom. The lowest BCUT2D eigenvalue weighted by molar-refractivity contribution is -0.298. The summed E-state index contributed by atoms with van der Waals surface area (Å²) in [6.07, 6.45) is -0.856. The normalized spacial score (nSPS) is 14.7. The third kappa shape index (κ3) is 2.66. The molecule has 1 heterocycles. The van der Waals surface area contributed by atoms with Gasteiger partial charge in [0.2, 0.25) is 0 Å². The third-order valence-corrected chi connectivity index (χ3v) is 4.41. The molecule has 0 saturated carbocycles. The summed E-state index contributed by atoms with van der Waals surface area (Å²) in [5.41, 5.74) is 1.29. The van der Waals surface area contributed by atoms with Crippen molar-refractivity contribution in [3.8, 4) is 0 Å². The summed E-state index contributed by atoms with van der Waals surface area (Å²) in [5, 5.41) is 11.9. The van der Waals surface area contributed by atoms with E-state index in [0.717, 1.165) is 10.8 Å². The van der Waals surface area contributed by atoms with Crippen LogP contribution in [0.15, 0.2) is 66.7 Å². The number of amides is 2. The van der Waals surface area contributed by atoms with Gasteiger partial charge in [-0.2, -0.15) is 0 Å². The fourth-order valence-corrected chi connectivity index (χ4v) is 3.13. The predicted molar refractivity (Wildman–Crippen MR) is 93.3 cm³/mol. The monoisotopic (exact) mass is 349 g/mol. The van der Waals surface area contributed by atoms with Crippen molar-refractivity contribution in [2.24, 2.45) is 0 Å². The molecule has 3 aromatic rings. The van der Waals surface area contributed by atoms with Gasteiger partial charge in [0, 0.05) is 0 Å². The number of nitrogens with zero attached hydrogens (tertiary/aromatic N) is 1. The van der Waals surface area contributed by atoms with Crippen molar-refractivity contribution in [1.82, 2.24) is 5.06 Å². The number of hydrogen-bond donors (Lipinski definition) is 1. The zero-order chi connectivity index (χ0) is 18.1. The molecule has 4 rings (SSSR count). The summed E-state index contributed by atoms with van der Waals surface area (Å²) >= 11 is 0. The van der Waals surface area contributed by atoms with Crippen molar-refractivity contribution in [3.05, 3.63) is 83.4 Å². The maximum Gasteiger partial charge on any atom is 0.285 e. The van der Waals surface area contributed by atoms with E-state index < -0.39 is 17.9 Å². The summed E-state index contributed by atoms with van der Waals surface area (Å²) in [6, 6.07) is 19.7. The van der Waals surface area contributed by atoms with Gasteiger partial charge in [0.1, 0.15) is 12.7 Å². The van der Waals surface area contributed by atoms with Crippen LogP contribution in [0.25, 0.3) is 10.8 Å². The number of rotatable bonds is 5. The molecule has 1 aliphatic rings. The van der Waals surface area contributed by atoms with Crippen LogP contribution in [0.4, 0.5) is 0 Å². The Hall–Kier alpha value is -3.06. The van der Waals surface area contributed by atoms with E-state index in [2.05, 4.69) is 4.89 Å². The summed E-state index contributed by atoms with van der Waals surface area (Å²) in [7, 11) is 0. The lowest BCUT2D eigenvalue weighted by atomic mass is 10.0. The van der Waals surface area contributed by atoms with Crippen LogP contribution in [0.3, 0.4) is 0 Å². The van der Waals surface area contributed by atoms with E-state index >= 15 is 0 Å². The second kappa shape index (κ2) is 6.68. The lowest BCUT2D eigenvalue weighted by Gasteiger charge is -2.19. The topological polar surface area (TPSA) is 76.1 Å². The van der Waals surface area contributed by atoms with E-state index in [9.17, 15) is 14.8 Å². The van der Waals surface area contributed by atoms with Crippen LogP contribution in [-0.4, -0.2) is 28.7 Å². The number of imide groups is 1. The average Bonchev–Trinajstić information content (AvgIpc) is 2.93. The summed E-state index contributed by atoms with van der Waals surface area (Å²) in [4.78, 5) is 34.7. The van der Waals surface area contributed by atoms with Gasteiger partial charge in [-0.25, -0.2) is 4.89 Å². The molecule has 6 nitrogen and oxygen atoms in total. The van der Waals surface area contributed by atoms with Gasteiger partial charge >= 0.3 is 0 Å². The number of hydroxylamine groups is 2. The van der Waals surface area contributed by atoms with Crippen LogP contribution in [0.5, 0.6) is 0 Å². The van der Waals surface area contributed by atoms with E-state index in [-0.39, 0.29) is 6.61 Å². The minimum Gasteiger partial charge on any atom is -0.266 e. The van der Waals surface area contributed by atoms with Gasteiger partial charge in [-0.05, 0) is 28.5 Å². The smallest absolute Gasteiger partial charge is 0.266 e. The second-order valence-corrected chi connectivity index (χ2v) is 5.91. The van der Waals surface area contributed by atoms with Gasteiger partial charge in [-0.1, -0.05) is 54.6 Å². The largest absolute Gasteiger partial charge is 0.285 e. The molecule has 0 fully saturated rings. The van der Waals surface area contributed by atoms with Gasteiger partial charge in [-0.3, -0.25) is 19.7 Å². The van der Waals surface area contributed by atoms with Crippen molar-refractivity contribution in [3.63, 3.8) is 0 Å². The Balaban J connectivity index is 1.57. The molecule has 1 aliphatic heterocycles. The molecule has 26 heavy (non-hydrogen) atoms. The van der Waals surface area contributed by atoms with Crippen molar-refractivity contribution < 1.29 is 24.6 Å². The zero-order valence-corrected chi connectivity index (χ0v) is 13.7. The minimum atomic E-state index is -0.856. The molecular formula is C20H15NO5. The molecule has 130 valence electrons. The molecule has 1 N–H and O–H groups in total. The molecule has 6 heteroatoms. The first-order valence-electron chi connectivity index (χ1n) is 8.09. The van der Waals surface area contributed by atoms with Crippen LogP contribution in [-0.2, 0) is 9.73 Å². The van der Waals surface area contributed by atoms with Gasteiger partial charge in [0.15, 0.2) is 0 Å². The number of benzene rings is 3. The van der Waals surface area contributed by atoms with Gasteiger partial charge < -0.3 is 0 Å². The van der Waals surface area contributed by atoms with Crippen LogP contribution in [0.1, 0.15) is 32.4 Å². The number of hydrogen-bond acceptors (Lipinski definition) is 5. The highest BCUT2D eigenvalue weighted by Gasteiger charge is 2.37. The summed E-state index contributed by atoms with van der Waals surface area (Å²) in [5.74, 6) is -1.06. The molecule has 0 bridgehead atoms. The SMILES string of the molecule is O=C1c2ccccc2C(=O)N1OCC(OO)c1cccc2ccccc12. The highest BCUT2D eigenvalue weighted by atomic mass is 17.1. The quantitative estimate of drug-likeness (QED) is 0.433.